The first-order valence-corrected chi connectivity index (χ1v) is 22.5. The van der Waals surface area contributed by atoms with Crippen LogP contribution in [-0.4, -0.2) is 24.5 Å². The predicted octanol–water partition coefficient (Wildman–Crippen LogP) is 15.3. The van der Waals surface area contributed by atoms with Crippen molar-refractivity contribution in [2.75, 3.05) is 0 Å². The van der Waals surface area contributed by atoms with Gasteiger partial charge >= 0.3 is 0 Å². The Morgan fingerprint density at radius 1 is 0.333 bits per heavy atom. The molecule has 66 heavy (non-hydrogen) atoms. The Balaban J connectivity index is 0.944. The first-order valence-electron chi connectivity index (χ1n) is 22.5. The van der Waals surface area contributed by atoms with E-state index in [1.165, 1.54) is 38.5 Å². The fraction of sp³-hybridized carbons (Fsp3) is 0.0492. The van der Waals surface area contributed by atoms with E-state index in [2.05, 4.69) is 213 Å². The number of para-hydroxylation sites is 2. The van der Waals surface area contributed by atoms with Crippen LogP contribution in [0.15, 0.2) is 212 Å². The monoisotopic (exact) mass is 843 g/mol. The summed E-state index contributed by atoms with van der Waals surface area (Å²) in [6.07, 6.45) is 0. The molecule has 5 heteroatoms. The largest absolute Gasteiger partial charge is 0.309 e. The maximum Gasteiger partial charge on any atom is 0.164 e. The van der Waals surface area contributed by atoms with Crippen molar-refractivity contribution in [3.8, 4) is 73.4 Å². The van der Waals surface area contributed by atoms with Crippen molar-refractivity contribution in [3.05, 3.63) is 223 Å². The van der Waals surface area contributed by atoms with Crippen LogP contribution in [0.2, 0.25) is 0 Å². The van der Waals surface area contributed by atoms with Crippen molar-refractivity contribution >= 4 is 43.5 Å². The van der Waals surface area contributed by atoms with Gasteiger partial charge in [-0.3, -0.25) is 0 Å². The fourth-order valence-corrected chi connectivity index (χ4v) is 10.3. The van der Waals surface area contributed by atoms with Gasteiger partial charge in [-0.25, -0.2) is 19.9 Å². The summed E-state index contributed by atoms with van der Waals surface area (Å²) in [5, 5.41) is 5.81. The zero-order chi connectivity index (χ0) is 43.9. The third-order valence-electron chi connectivity index (χ3n) is 13.6. The normalized spacial score (nSPS) is 12.8. The molecule has 3 aromatic heterocycles. The van der Waals surface area contributed by atoms with Gasteiger partial charge in [0.25, 0.3) is 0 Å². The lowest BCUT2D eigenvalue weighted by molar-refractivity contribution is 0.660. The summed E-state index contributed by atoms with van der Waals surface area (Å²) in [6, 6.07) is 75.5. The highest BCUT2D eigenvalue weighted by molar-refractivity contribution is 6.20. The summed E-state index contributed by atoms with van der Waals surface area (Å²) in [5.41, 5.74) is 16.6. The topological polar surface area (TPSA) is 56.5 Å². The smallest absolute Gasteiger partial charge is 0.164 e. The molecule has 0 radical (unpaired) electrons. The molecule has 0 saturated carbocycles. The molecule has 0 atom stereocenters. The number of rotatable bonds is 6. The predicted molar refractivity (Wildman–Crippen MR) is 272 cm³/mol. The molecule has 1 aliphatic carbocycles. The van der Waals surface area contributed by atoms with Crippen LogP contribution in [0.5, 0.6) is 0 Å². The molecule has 5 nitrogen and oxygen atoms in total. The third-order valence-corrected chi connectivity index (χ3v) is 13.6. The Hall–Kier alpha value is -8.54. The van der Waals surface area contributed by atoms with E-state index in [1.54, 1.807) is 0 Å². The van der Waals surface area contributed by atoms with E-state index < -0.39 is 0 Å². The van der Waals surface area contributed by atoms with Crippen LogP contribution in [0.1, 0.15) is 25.0 Å². The molecule has 310 valence electrons. The molecule has 3 heterocycles. The highest BCUT2D eigenvalue weighted by atomic mass is 15.0. The summed E-state index contributed by atoms with van der Waals surface area (Å²) < 4.78 is 2.39. The molecule has 0 unspecified atom stereocenters. The maximum atomic E-state index is 5.39. The van der Waals surface area contributed by atoms with Gasteiger partial charge in [0.15, 0.2) is 17.5 Å². The summed E-state index contributed by atoms with van der Waals surface area (Å²) in [5.74, 6) is 1.93. The SMILES string of the molecule is CC1(C)c2ccccc2-c2ccc(-c3nc(-c4ccccc4)nc(-c4ccc(-c5ccc6nc(-c7ccccc7)c7cc8c9ccccc9n(-c9ccccc9)c8cc7c6c5)cc4)n3)cc21. The van der Waals surface area contributed by atoms with Crippen LogP contribution in [0.3, 0.4) is 0 Å². The molecule has 0 spiro atoms. The quantitative estimate of drug-likeness (QED) is 0.156. The molecule has 0 bridgehead atoms. The first-order chi connectivity index (χ1) is 32.5. The number of nitrogens with zero attached hydrogens (tertiary/aromatic N) is 5. The Labute approximate surface area is 382 Å². The number of aromatic nitrogens is 5. The Morgan fingerprint density at radius 2 is 0.909 bits per heavy atom. The van der Waals surface area contributed by atoms with Crippen LogP contribution in [0.4, 0.5) is 0 Å². The standard InChI is InChI=1S/C61H41N5/c1-61(2)52-24-14-12-22-45(52)46-32-30-43(35-53(46)61)60-64-58(40-18-8-4-9-19-40)63-59(65-60)41-28-26-38(27-29-41)42-31-33-54-49(34-42)48-37-56-50(36-51(48)57(62-54)39-16-6-3-7-17-39)47-23-13-15-25-55(47)66(56)44-20-10-5-11-21-44/h3-37H,1-2H3. The number of pyridine rings is 1. The van der Waals surface area contributed by atoms with Crippen molar-refractivity contribution in [1.82, 2.24) is 24.5 Å². The molecule has 0 aliphatic heterocycles. The van der Waals surface area contributed by atoms with Crippen LogP contribution in [0.25, 0.3) is 117 Å². The third kappa shape index (κ3) is 6.01. The molecular formula is C61H41N5. The second kappa shape index (κ2) is 14.8. The van der Waals surface area contributed by atoms with Crippen molar-refractivity contribution in [3.63, 3.8) is 0 Å². The van der Waals surface area contributed by atoms with E-state index in [0.29, 0.717) is 17.5 Å². The minimum absolute atomic E-state index is 0.139. The lowest BCUT2D eigenvalue weighted by Gasteiger charge is -2.21. The van der Waals surface area contributed by atoms with Gasteiger partial charge in [-0.1, -0.05) is 178 Å². The van der Waals surface area contributed by atoms with Gasteiger partial charge in [0.05, 0.1) is 22.2 Å². The van der Waals surface area contributed by atoms with Gasteiger partial charge in [-0.05, 0) is 87.3 Å². The van der Waals surface area contributed by atoms with E-state index >= 15 is 0 Å². The second-order valence-corrected chi connectivity index (χ2v) is 17.8. The number of fused-ring (bicyclic) bond motifs is 9. The molecule has 0 amide bonds. The Morgan fingerprint density at radius 3 is 1.67 bits per heavy atom. The molecule has 12 aromatic rings. The van der Waals surface area contributed by atoms with Gasteiger partial charge < -0.3 is 4.57 Å². The van der Waals surface area contributed by atoms with Gasteiger partial charge in [0.1, 0.15) is 0 Å². The molecule has 0 N–H and O–H groups in total. The van der Waals surface area contributed by atoms with E-state index in [0.717, 1.165) is 72.0 Å². The van der Waals surface area contributed by atoms with Crippen molar-refractivity contribution < 1.29 is 0 Å². The first kappa shape index (κ1) is 38.0. The molecule has 1 aliphatic rings. The van der Waals surface area contributed by atoms with Crippen molar-refractivity contribution in [2.24, 2.45) is 0 Å². The molecule has 0 saturated heterocycles. The number of hydrogen-bond donors (Lipinski definition) is 0. The van der Waals surface area contributed by atoms with Gasteiger partial charge in [0, 0.05) is 54.9 Å². The zero-order valence-corrected chi connectivity index (χ0v) is 36.4. The highest BCUT2D eigenvalue weighted by Crippen LogP contribution is 2.49. The Bertz CT molecular complexity index is 3870. The van der Waals surface area contributed by atoms with Crippen molar-refractivity contribution in [1.29, 1.82) is 0 Å². The lowest BCUT2D eigenvalue weighted by Crippen LogP contribution is -2.15. The number of hydrogen-bond acceptors (Lipinski definition) is 4. The maximum absolute atomic E-state index is 5.39. The molecule has 13 rings (SSSR count). The van der Waals surface area contributed by atoms with Gasteiger partial charge in [-0.2, -0.15) is 0 Å². The molecule has 0 fully saturated rings. The van der Waals surface area contributed by atoms with Crippen LogP contribution < -0.4 is 0 Å². The van der Waals surface area contributed by atoms with E-state index in [9.17, 15) is 0 Å². The van der Waals surface area contributed by atoms with Crippen LogP contribution in [-0.2, 0) is 5.41 Å². The summed E-state index contributed by atoms with van der Waals surface area (Å²) in [7, 11) is 0. The summed E-state index contributed by atoms with van der Waals surface area (Å²) in [6.45, 7) is 4.61. The van der Waals surface area contributed by atoms with Crippen LogP contribution >= 0.6 is 0 Å². The van der Waals surface area contributed by atoms with E-state index in [4.69, 9.17) is 19.9 Å². The van der Waals surface area contributed by atoms with Crippen molar-refractivity contribution in [2.45, 2.75) is 19.3 Å². The fourth-order valence-electron chi connectivity index (χ4n) is 10.3. The average molecular weight is 844 g/mol. The van der Waals surface area contributed by atoms with Gasteiger partial charge in [-0.15, -0.1) is 0 Å². The average Bonchev–Trinajstić information content (AvgIpc) is 3.83. The van der Waals surface area contributed by atoms with Gasteiger partial charge in [0.2, 0.25) is 0 Å². The zero-order valence-electron chi connectivity index (χ0n) is 36.4. The summed E-state index contributed by atoms with van der Waals surface area (Å²) >= 11 is 0. The summed E-state index contributed by atoms with van der Waals surface area (Å²) in [4.78, 5) is 20.7. The van der Waals surface area contributed by atoms with Crippen LogP contribution in [0, 0.1) is 0 Å². The molecule has 9 aromatic carbocycles. The Kier molecular flexibility index (Phi) is 8.49. The minimum atomic E-state index is -0.139. The number of benzene rings is 9. The van der Waals surface area contributed by atoms with E-state index in [1.807, 2.05) is 18.2 Å². The highest BCUT2D eigenvalue weighted by Gasteiger charge is 2.35. The second-order valence-electron chi connectivity index (χ2n) is 17.8. The van der Waals surface area contributed by atoms with E-state index in [-0.39, 0.29) is 5.41 Å². The minimum Gasteiger partial charge on any atom is -0.309 e. The molecular weight excluding hydrogens is 803 g/mol. The lowest BCUT2D eigenvalue weighted by atomic mass is 9.82.